The predicted molar refractivity (Wildman–Crippen MR) is 85.6 cm³/mol. The number of hydrogen-bond acceptors (Lipinski definition) is 2. The Morgan fingerprint density at radius 1 is 1.26 bits per heavy atom. The summed E-state index contributed by atoms with van der Waals surface area (Å²) >= 11 is 0. The topological polar surface area (TPSA) is 82.5 Å². The van der Waals surface area contributed by atoms with E-state index in [2.05, 4.69) is 9.98 Å². The number of amides is 1. The summed E-state index contributed by atoms with van der Waals surface area (Å²) in [6.07, 6.45) is 1.08. The van der Waals surface area contributed by atoms with Gasteiger partial charge in [-0.3, -0.25) is 9.59 Å². The normalized spacial score (nSPS) is 13.1. The Labute approximate surface area is 133 Å². The van der Waals surface area contributed by atoms with Crippen molar-refractivity contribution < 1.29 is 14.7 Å². The van der Waals surface area contributed by atoms with Gasteiger partial charge in [-0.05, 0) is 37.5 Å². The standard InChI is InChI=1S/C18H18N2O3/c1-10-12(7-8-17(21)22)11(2)19-16(10)9-14-13-5-3-4-6-15(13)20-18(14)23/h3-6,19H,7-9H2,1-2H3,(H,21,22). The number of hydrogen-bond donors (Lipinski definition) is 2. The second-order valence-electron chi connectivity index (χ2n) is 5.82. The van der Waals surface area contributed by atoms with E-state index in [1.165, 1.54) is 0 Å². The van der Waals surface area contributed by atoms with E-state index in [1.54, 1.807) is 0 Å². The third-order valence-electron chi connectivity index (χ3n) is 4.35. The lowest BCUT2D eigenvalue weighted by Gasteiger charge is -2.02. The summed E-state index contributed by atoms with van der Waals surface area (Å²) in [6, 6.07) is 7.52. The average Bonchev–Trinajstić information content (AvgIpc) is 2.95. The van der Waals surface area contributed by atoms with Gasteiger partial charge in [-0.2, -0.15) is 0 Å². The third kappa shape index (κ3) is 2.82. The van der Waals surface area contributed by atoms with Gasteiger partial charge in [0.05, 0.1) is 5.36 Å². The molecular weight excluding hydrogens is 292 g/mol. The highest BCUT2D eigenvalue weighted by atomic mass is 16.4. The van der Waals surface area contributed by atoms with E-state index < -0.39 is 5.97 Å². The summed E-state index contributed by atoms with van der Waals surface area (Å²) in [7, 11) is 0. The minimum atomic E-state index is -0.806. The minimum absolute atomic E-state index is 0.104. The van der Waals surface area contributed by atoms with Crippen molar-refractivity contribution in [2.45, 2.75) is 33.1 Å². The molecule has 0 bridgehead atoms. The van der Waals surface area contributed by atoms with Crippen molar-refractivity contribution >= 4 is 17.4 Å². The number of carbonyl (C=O) groups is 2. The Kier molecular flexibility index (Phi) is 3.86. The van der Waals surface area contributed by atoms with Crippen LogP contribution in [-0.4, -0.2) is 22.0 Å². The van der Waals surface area contributed by atoms with Gasteiger partial charge < -0.3 is 10.1 Å². The van der Waals surface area contributed by atoms with Gasteiger partial charge in [-0.1, -0.05) is 18.2 Å². The van der Waals surface area contributed by atoms with Gasteiger partial charge in [0.1, 0.15) is 0 Å². The number of aromatic nitrogens is 1. The van der Waals surface area contributed by atoms with E-state index in [0.717, 1.165) is 33.1 Å². The molecule has 1 aliphatic rings. The van der Waals surface area contributed by atoms with Crippen LogP contribution in [0.1, 0.15) is 28.9 Å². The van der Waals surface area contributed by atoms with Crippen molar-refractivity contribution in [2.24, 2.45) is 4.99 Å². The molecule has 1 aliphatic heterocycles. The number of rotatable bonds is 5. The van der Waals surface area contributed by atoms with Crippen LogP contribution in [0.2, 0.25) is 0 Å². The molecule has 1 aromatic heterocycles. The van der Waals surface area contributed by atoms with Crippen molar-refractivity contribution in [3.8, 4) is 0 Å². The summed E-state index contributed by atoms with van der Waals surface area (Å²) in [5.74, 6) is -0.996. The van der Waals surface area contributed by atoms with Crippen molar-refractivity contribution in [1.82, 2.24) is 4.98 Å². The fourth-order valence-corrected chi connectivity index (χ4v) is 3.11. The molecule has 3 rings (SSSR count). The average molecular weight is 310 g/mol. The van der Waals surface area contributed by atoms with E-state index in [9.17, 15) is 9.59 Å². The molecule has 118 valence electrons. The third-order valence-corrected chi connectivity index (χ3v) is 4.35. The van der Waals surface area contributed by atoms with Crippen molar-refractivity contribution in [3.63, 3.8) is 0 Å². The molecule has 0 aliphatic carbocycles. The number of fused-ring (bicyclic) bond motifs is 1. The Bertz CT molecular complexity index is 922. The molecule has 5 nitrogen and oxygen atoms in total. The number of nitrogens with one attached hydrogen (secondary N) is 1. The zero-order valence-corrected chi connectivity index (χ0v) is 13.1. The number of carboxylic acids is 1. The van der Waals surface area contributed by atoms with E-state index >= 15 is 0 Å². The zero-order chi connectivity index (χ0) is 16.6. The lowest BCUT2D eigenvalue weighted by molar-refractivity contribution is -0.137. The van der Waals surface area contributed by atoms with Gasteiger partial charge in [-0.25, -0.2) is 4.99 Å². The van der Waals surface area contributed by atoms with Crippen molar-refractivity contribution in [1.29, 1.82) is 0 Å². The van der Waals surface area contributed by atoms with Crippen molar-refractivity contribution in [2.75, 3.05) is 0 Å². The minimum Gasteiger partial charge on any atom is -0.481 e. The molecule has 1 amide bonds. The summed E-state index contributed by atoms with van der Waals surface area (Å²) in [6.45, 7) is 3.91. The second kappa shape index (κ2) is 5.83. The smallest absolute Gasteiger partial charge is 0.303 e. The fourth-order valence-electron chi connectivity index (χ4n) is 3.11. The van der Waals surface area contributed by atoms with Crippen LogP contribution < -0.4 is 10.6 Å². The van der Waals surface area contributed by atoms with Gasteiger partial charge in [0.15, 0.2) is 0 Å². The van der Waals surface area contributed by atoms with Gasteiger partial charge in [0.25, 0.3) is 5.91 Å². The number of para-hydroxylation sites is 1. The van der Waals surface area contributed by atoms with Crippen LogP contribution in [0.4, 0.5) is 0 Å². The molecule has 0 saturated heterocycles. The lowest BCUT2D eigenvalue weighted by atomic mass is 10.0. The number of aryl methyl sites for hydroxylation is 1. The number of carbonyl (C=O) groups excluding carboxylic acids is 1. The van der Waals surface area contributed by atoms with E-state index in [4.69, 9.17) is 5.11 Å². The van der Waals surface area contributed by atoms with Gasteiger partial charge in [-0.15, -0.1) is 0 Å². The summed E-state index contributed by atoms with van der Waals surface area (Å²) in [4.78, 5) is 30.3. The van der Waals surface area contributed by atoms with E-state index in [1.807, 2.05) is 38.1 Å². The molecule has 23 heavy (non-hydrogen) atoms. The molecule has 2 aromatic rings. The van der Waals surface area contributed by atoms with Crippen LogP contribution >= 0.6 is 0 Å². The molecule has 2 N–H and O–H groups in total. The Balaban J connectivity index is 1.96. The van der Waals surface area contributed by atoms with E-state index in [0.29, 0.717) is 18.4 Å². The number of aromatic amines is 1. The first kappa shape index (κ1) is 15.2. The quantitative estimate of drug-likeness (QED) is 0.870. The first-order valence-corrected chi connectivity index (χ1v) is 7.57. The number of carboxylic acid groups (broad SMARTS) is 1. The molecule has 0 fully saturated rings. The first-order valence-electron chi connectivity index (χ1n) is 7.57. The van der Waals surface area contributed by atoms with Gasteiger partial charge in [0.2, 0.25) is 0 Å². The highest BCUT2D eigenvalue weighted by Gasteiger charge is 2.20. The van der Waals surface area contributed by atoms with E-state index in [-0.39, 0.29) is 12.3 Å². The molecule has 0 spiro atoms. The molecule has 0 radical (unpaired) electrons. The highest BCUT2D eigenvalue weighted by Crippen LogP contribution is 2.22. The molecule has 5 heteroatoms. The second-order valence-corrected chi connectivity index (χ2v) is 5.82. The van der Waals surface area contributed by atoms with Crippen LogP contribution in [0.25, 0.3) is 5.57 Å². The van der Waals surface area contributed by atoms with Crippen LogP contribution in [0.3, 0.4) is 0 Å². The molecule has 0 atom stereocenters. The zero-order valence-electron chi connectivity index (χ0n) is 13.1. The molecule has 0 unspecified atom stereocenters. The summed E-state index contributed by atoms with van der Waals surface area (Å²) < 4.78 is 0. The first-order chi connectivity index (χ1) is 11.0. The molecule has 0 saturated carbocycles. The van der Waals surface area contributed by atoms with Crippen LogP contribution in [0, 0.1) is 13.8 Å². The molecule has 1 aromatic carbocycles. The largest absolute Gasteiger partial charge is 0.481 e. The molecule has 2 heterocycles. The summed E-state index contributed by atoms with van der Waals surface area (Å²) in [5.41, 5.74) is 4.68. The highest BCUT2D eigenvalue weighted by molar-refractivity contribution is 6.15. The lowest BCUT2D eigenvalue weighted by Crippen LogP contribution is -2.22. The fraction of sp³-hybridized carbons (Fsp3) is 0.278. The Morgan fingerprint density at radius 2 is 2.00 bits per heavy atom. The van der Waals surface area contributed by atoms with Crippen LogP contribution in [-0.2, 0) is 22.4 Å². The van der Waals surface area contributed by atoms with Crippen molar-refractivity contribution in [3.05, 3.63) is 57.4 Å². The maximum absolute atomic E-state index is 12.2. The molecular formula is C18H18N2O3. The number of benzene rings is 1. The van der Waals surface area contributed by atoms with Gasteiger partial charge in [0, 0.05) is 35.0 Å². The maximum Gasteiger partial charge on any atom is 0.303 e. The monoisotopic (exact) mass is 310 g/mol. The van der Waals surface area contributed by atoms with Crippen LogP contribution in [0.5, 0.6) is 0 Å². The van der Waals surface area contributed by atoms with Gasteiger partial charge >= 0.3 is 5.97 Å². The van der Waals surface area contributed by atoms with Crippen LogP contribution in [0.15, 0.2) is 29.3 Å². The SMILES string of the molecule is Cc1[nH]c(CC2=c3ccccc3=NC2=O)c(C)c1CCC(=O)O. The number of aliphatic carboxylic acids is 1. The number of H-pyrrole nitrogens is 1. The Morgan fingerprint density at radius 3 is 2.74 bits per heavy atom. The Hall–Kier alpha value is -2.69. The maximum atomic E-state index is 12.2. The number of nitrogens with zero attached hydrogens (tertiary/aromatic N) is 1. The predicted octanol–water partition coefficient (Wildman–Crippen LogP) is 1.20. The summed E-state index contributed by atoms with van der Waals surface area (Å²) in [5, 5.41) is 10.5.